The topological polar surface area (TPSA) is 0 Å². The smallest absolute Gasteiger partial charge is 0.0307 e. The van der Waals surface area contributed by atoms with E-state index in [0.717, 1.165) is 6.42 Å². The maximum Gasteiger partial charge on any atom is -0.0307 e. The van der Waals surface area contributed by atoms with Crippen molar-refractivity contribution in [1.82, 2.24) is 0 Å². The predicted molar refractivity (Wildman–Crippen MR) is 118 cm³/mol. The molecule has 0 spiro atoms. The monoisotopic (exact) mass is 336 g/mol. The maximum atomic E-state index is 3.66. The molecule has 144 valence electrons. The van der Waals surface area contributed by atoms with E-state index in [0.29, 0.717) is 0 Å². The molecule has 0 fully saturated rings. The zero-order chi connectivity index (χ0) is 19.6. The quantitative estimate of drug-likeness (QED) is 0.359. The summed E-state index contributed by atoms with van der Waals surface area (Å²) in [6.45, 7) is 22.4. The van der Waals surface area contributed by atoms with E-state index >= 15 is 0 Å². The van der Waals surface area contributed by atoms with Gasteiger partial charge in [-0.3, -0.25) is 0 Å². The minimum Gasteiger partial charge on any atom is -0.103 e. The zero-order valence-electron chi connectivity index (χ0n) is 18.5. The molecule has 0 atom stereocenters. The number of hydrogen-bond donors (Lipinski definition) is 0. The first-order chi connectivity index (χ1) is 11.7. The van der Waals surface area contributed by atoms with Crippen LogP contribution in [0.15, 0.2) is 36.9 Å². The molecule has 0 radical (unpaired) electrons. The molecule has 0 saturated heterocycles. The van der Waals surface area contributed by atoms with Gasteiger partial charge in [0.25, 0.3) is 0 Å². The van der Waals surface area contributed by atoms with Gasteiger partial charge in [0, 0.05) is 0 Å². The van der Waals surface area contributed by atoms with Gasteiger partial charge < -0.3 is 0 Å². The van der Waals surface area contributed by atoms with Crippen LogP contribution in [0.3, 0.4) is 0 Å². The van der Waals surface area contributed by atoms with Gasteiger partial charge in [0.15, 0.2) is 0 Å². The maximum absolute atomic E-state index is 3.66. The average molecular weight is 337 g/mol. The molecule has 0 bridgehead atoms. The van der Waals surface area contributed by atoms with E-state index < -0.39 is 0 Å². The lowest BCUT2D eigenvalue weighted by atomic mass is 10.1. The lowest BCUT2D eigenvalue weighted by molar-refractivity contribution is 0.675. The van der Waals surface area contributed by atoms with Crippen LogP contribution in [0, 0.1) is 6.92 Å². The Bertz CT molecular complexity index is 281. The van der Waals surface area contributed by atoms with Crippen molar-refractivity contribution in [2.75, 3.05) is 0 Å². The standard InChI is InChI=1S/C9H12.C8H16.C3H8.2C2H6/c1-3-9-6-4-8(2)5-7-9;1-3-5-7-8-6-4-2;1-3-2;2*1-2/h4-7H,3H2,1-2H3;3H,1,4-8H2,2H3;3H2,1-2H3;2*1-2H3. The van der Waals surface area contributed by atoms with Gasteiger partial charge in [0.05, 0.1) is 0 Å². The van der Waals surface area contributed by atoms with E-state index in [9.17, 15) is 0 Å². The first kappa shape index (κ1) is 30.8. The second-order valence-electron chi connectivity index (χ2n) is 5.18. The van der Waals surface area contributed by atoms with Gasteiger partial charge in [-0.15, -0.1) is 6.58 Å². The largest absolute Gasteiger partial charge is 0.103 e. The first-order valence-corrected chi connectivity index (χ1v) is 10.3. The van der Waals surface area contributed by atoms with Crippen molar-refractivity contribution >= 4 is 0 Å². The van der Waals surface area contributed by atoms with E-state index in [1.54, 1.807) is 0 Å². The minimum absolute atomic E-state index is 1.14. The molecule has 1 aromatic carbocycles. The van der Waals surface area contributed by atoms with Gasteiger partial charge in [-0.25, -0.2) is 0 Å². The van der Waals surface area contributed by atoms with Crippen molar-refractivity contribution < 1.29 is 0 Å². The SMILES string of the molecule is C=CCCCCCC.CC.CC.CCC.CCc1ccc(C)cc1. The minimum atomic E-state index is 1.14. The Morgan fingerprint density at radius 3 is 1.58 bits per heavy atom. The third kappa shape index (κ3) is 32.8. The molecule has 0 heteroatoms. The Labute approximate surface area is 155 Å². The highest BCUT2D eigenvalue weighted by molar-refractivity contribution is 5.20. The van der Waals surface area contributed by atoms with Crippen LogP contribution in [0.25, 0.3) is 0 Å². The molecule has 0 unspecified atom stereocenters. The second-order valence-corrected chi connectivity index (χ2v) is 5.18. The summed E-state index contributed by atoms with van der Waals surface area (Å²) in [5.41, 5.74) is 2.76. The predicted octanol–water partition coefficient (Wildman–Crippen LogP) is 9.17. The van der Waals surface area contributed by atoms with E-state index in [1.165, 1.54) is 49.7 Å². The summed E-state index contributed by atoms with van der Waals surface area (Å²) in [7, 11) is 0. The van der Waals surface area contributed by atoms with Gasteiger partial charge in [-0.2, -0.15) is 0 Å². The fraction of sp³-hybridized carbons (Fsp3) is 0.667. The number of hydrogen-bond acceptors (Lipinski definition) is 0. The van der Waals surface area contributed by atoms with Crippen molar-refractivity contribution in [3.8, 4) is 0 Å². The molecule has 0 aromatic heterocycles. The van der Waals surface area contributed by atoms with Crippen LogP contribution >= 0.6 is 0 Å². The molecule has 1 rings (SSSR count). The summed E-state index contributed by atoms with van der Waals surface area (Å²) in [6.07, 6.45) is 11.0. The van der Waals surface area contributed by atoms with Crippen molar-refractivity contribution in [2.45, 2.75) is 107 Å². The van der Waals surface area contributed by atoms with Crippen LogP contribution < -0.4 is 0 Å². The van der Waals surface area contributed by atoms with Crippen LogP contribution in [0.5, 0.6) is 0 Å². The molecule has 1 aromatic rings. The number of allylic oxidation sites excluding steroid dienone is 1. The Morgan fingerprint density at radius 2 is 1.25 bits per heavy atom. The third-order valence-corrected chi connectivity index (χ3v) is 2.79. The Hall–Kier alpha value is -1.04. The lowest BCUT2D eigenvalue weighted by Crippen LogP contribution is -1.77. The van der Waals surface area contributed by atoms with Crippen LogP contribution in [0.1, 0.15) is 105 Å². The Balaban J connectivity index is -0.000000122. The van der Waals surface area contributed by atoms with Crippen LogP contribution in [-0.2, 0) is 6.42 Å². The second kappa shape index (κ2) is 33.5. The molecular formula is C24H48. The van der Waals surface area contributed by atoms with E-state index in [1.807, 2.05) is 33.8 Å². The van der Waals surface area contributed by atoms with Crippen LogP contribution in [0.4, 0.5) is 0 Å². The number of benzene rings is 1. The summed E-state index contributed by atoms with van der Waals surface area (Å²) in [5.74, 6) is 0. The zero-order valence-corrected chi connectivity index (χ0v) is 18.5. The molecule has 0 aliphatic rings. The fourth-order valence-corrected chi connectivity index (χ4v) is 1.54. The summed E-state index contributed by atoms with van der Waals surface area (Å²) in [4.78, 5) is 0. The van der Waals surface area contributed by atoms with Crippen LogP contribution in [-0.4, -0.2) is 0 Å². The molecule has 0 aliphatic heterocycles. The molecular weight excluding hydrogens is 288 g/mol. The van der Waals surface area contributed by atoms with Gasteiger partial charge in [-0.05, 0) is 31.7 Å². The molecule has 0 amide bonds. The van der Waals surface area contributed by atoms with Gasteiger partial charge in [-0.1, -0.05) is 117 Å². The normalized spacial score (nSPS) is 7.88. The molecule has 0 N–H and O–H groups in total. The highest BCUT2D eigenvalue weighted by Gasteiger charge is 1.85. The number of unbranched alkanes of at least 4 members (excludes halogenated alkanes) is 4. The van der Waals surface area contributed by atoms with Crippen molar-refractivity contribution in [2.24, 2.45) is 0 Å². The number of aryl methyl sites for hydroxylation is 2. The Morgan fingerprint density at radius 1 is 0.792 bits per heavy atom. The van der Waals surface area contributed by atoms with Crippen molar-refractivity contribution in [3.63, 3.8) is 0 Å². The lowest BCUT2D eigenvalue weighted by Gasteiger charge is -1.94. The van der Waals surface area contributed by atoms with Gasteiger partial charge in [0.1, 0.15) is 0 Å². The van der Waals surface area contributed by atoms with E-state index in [2.05, 4.69) is 65.5 Å². The van der Waals surface area contributed by atoms with Gasteiger partial charge in [0.2, 0.25) is 0 Å². The van der Waals surface area contributed by atoms with Crippen LogP contribution in [0.2, 0.25) is 0 Å². The summed E-state index contributed by atoms with van der Waals surface area (Å²) < 4.78 is 0. The first-order valence-electron chi connectivity index (χ1n) is 10.3. The van der Waals surface area contributed by atoms with E-state index in [-0.39, 0.29) is 0 Å². The third-order valence-electron chi connectivity index (χ3n) is 2.79. The summed E-state index contributed by atoms with van der Waals surface area (Å²) in [6, 6.07) is 8.66. The molecule has 0 aliphatic carbocycles. The molecule has 0 saturated carbocycles. The highest BCUT2D eigenvalue weighted by Crippen LogP contribution is 2.02. The molecule has 0 heterocycles. The highest BCUT2D eigenvalue weighted by atomic mass is 13.9. The number of rotatable bonds is 6. The fourth-order valence-electron chi connectivity index (χ4n) is 1.54. The average Bonchev–Trinajstić information content (AvgIpc) is 2.64. The van der Waals surface area contributed by atoms with Gasteiger partial charge >= 0.3 is 0 Å². The summed E-state index contributed by atoms with van der Waals surface area (Å²) >= 11 is 0. The Kier molecular flexibility index (Phi) is 43.0. The van der Waals surface area contributed by atoms with E-state index in [4.69, 9.17) is 0 Å². The molecule has 0 nitrogen and oxygen atoms in total. The summed E-state index contributed by atoms with van der Waals surface area (Å²) in [5, 5.41) is 0. The van der Waals surface area contributed by atoms with Crippen molar-refractivity contribution in [1.29, 1.82) is 0 Å². The van der Waals surface area contributed by atoms with Crippen molar-refractivity contribution in [3.05, 3.63) is 48.0 Å². The molecule has 24 heavy (non-hydrogen) atoms.